The van der Waals surface area contributed by atoms with Gasteiger partial charge in [-0.3, -0.25) is 4.79 Å². The van der Waals surface area contributed by atoms with Gasteiger partial charge < -0.3 is 10.6 Å². The maximum absolute atomic E-state index is 10.6. The standard InChI is InChI=1S/C5H5IN2O/c1-3-7-4(6)2-5(9)8-3/h2,7H,1H2,(H,8,9). The summed E-state index contributed by atoms with van der Waals surface area (Å²) in [5.74, 6) is 0.412. The minimum Gasteiger partial charge on any atom is -0.337 e. The fourth-order valence-corrected chi connectivity index (χ4v) is 1.12. The first-order valence-electron chi connectivity index (χ1n) is 2.32. The van der Waals surface area contributed by atoms with E-state index in [2.05, 4.69) is 17.2 Å². The smallest absolute Gasteiger partial charge is 0.252 e. The first-order chi connectivity index (χ1) is 4.18. The number of carbonyl (C=O) groups is 1. The van der Waals surface area contributed by atoms with E-state index in [0.717, 1.165) is 3.70 Å². The van der Waals surface area contributed by atoms with E-state index >= 15 is 0 Å². The van der Waals surface area contributed by atoms with Crippen molar-refractivity contribution in [1.29, 1.82) is 0 Å². The molecule has 1 aliphatic rings. The third-order valence-electron chi connectivity index (χ3n) is 0.802. The second-order valence-electron chi connectivity index (χ2n) is 1.59. The van der Waals surface area contributed by atoms with E-state index in [1.165, 1.54) is 6.08 Å². The molecule has 0 spiro atoms. The SMILES string of the molecule is C=C1NC(=O)C=C(I)N1. The van der Waals surface area contributed by atoms with Gasteiger partial charge in [-0.25, -0.2) is 0 Å². The summed E-state index contributed by atoms with van der Waals surface area (Å²) in [7, 11) is 0. The van der Waals surface area contributed by atoms with E-state index in [4.69, 9.17) is 0 Å². The maximum atomic E-state index is 10.6. The maximum Gasteiger partial charge on any atom is 0.252 e. The molecule has 0 aromatic carbocycles. The molecular weight excluding hydrogens is 231 g/mol. The Hall–Kier alpha value is -0.520. The van der Waals surface area contributed by atoms with Gasteiger partial charge in [-0.1, -0.05) is 6.58 Å². The minimum atomic E-state index is -0.122. The number of rotatable bonds is 0. The molecule has 0 saturated carbocycles. The zero-order chi connectivity index (χ0) is 6.85. The molecule has 0 aromatic heterocycles. The molecule has 1 aliphatic heterocycles. The number of halogens is 1. The van der Waals surface area contributed by atoms with Crippen molar-refractivity contribution in [3.8, 4) is 0 Å². The van der Waals surface area contributed by atoms with Crippen LogP contribution in [-0.2, 0) is 4.79 Å². The van der Waals surface area contributed by atoms with E-state index in [-0.39, 0.29) is 5.91 Å². The lowest BCUT2D eigenvalue weighted by Crippen LogP contribution is -2.33. The van der Waals surface area contributed by atoms with Gasteiger partial charge in [0, 0.05) is 6.08 Å². The van der Waals surface area contributed by atoms with Crippen molar-refractivity contribution in [3.05, 3.63) is 22.2 Å². The van der Waals surface area contributed by atoms with Gasteiger partial charge >= 0.3 is 0 Å². The molecular formula is C5H5IN2O. The lowest BCUT2D eigenvalue weighted by atomic mass is 10.5. The van der Waals surface area contributed by atoms with E-state index in [1.807, 2.05) is 22.6 Å². The van der Waals surface area contributed by atoms with Crippen LogP contribution in [0.15, 0.2) is 22.2 Å². The second-order valence-corrected chi connectivity index (χ2v) is 2.75. The molecule has 9 heavy (non-hydrogen) atoms. The Labute approximate surface area is 66.3 Å². The molecule has 1 amide bonds. The predicted molar refractivity (Wildman–Crippen MR) is 42.5 cm³/mol. The van der Waals surface area contributed by atoms with Crippen LogP contribution in [0.3, 0.4) is 0 Å². The van der Waals surface area contributed by atoms with Gasteiger partial charge in [0.1, 0.15) is 5.82 Å². The molecule has 0 radical (unpaired) electrons. The molecule has 48 valence electrons. The van der Waals surface area contributed by atoms with Crippen LogP contribution in [-0.4, -0.2) is 5.91 Å². The Morgan fingerprint density at radius 3 is 2.67 bits per heavy atom. The molecule has 0 bridgehead atoms. The highest BCUT2D eigenvalue weighted by Gasteiger charge is 2.06. The van der Waals surface area contributed by atoms with Crippen molar-refractivity contribution in [2.45, 2.75) is 0 Å². The van der Waals surface area contributed by atoms with Gasteiger partial charge in [0.15, 0.2) is 0 Å². The Kier molecular flexibility index (Phi) is 1.75. The number of amides is 1. The second kappa shape index (κ2) is 2.38. The van der Waals surface area contributed by atoms with Crippen LogP contribution in [0.2, 0.25) is 0 Å². The van der Waals surface area contributed by atoms with Gasteiger partial charge in [0.25, 0.3) is 5.91 Å². The van der Waals surface area contributed by atoms with E-state index < -0.39 is 0 Å². The molecule has 4 heteroatoms. The molecule has 0 saturated heterocycles. The predicted octanol–water partition coefficient (Wildman–Crippen LogP) is 0.453. The molecule has 3 nitrogen and oxygen atoms in total. The molecule has 1 heterocycles. The quantitative estimate of drug-likeness (QED) is 0.473. The van der Waals surface area contributed by atoms with Crippen molar-refractivity contribution in [2.75, 3.05) is 0 Å². The van der Waals surface area contributed by atoms with Crippen molar-refractivity contribution in [3.63, 3.8) is 0 Å². The average molecular weight is 236 g/mol. The number of hydrogen-bond acceptors (Lipinski definition) is 2. The zero-order valence-electron chi connectivity index (χ0n) is 4.57. The van der Waals surface area contributed by atoms with Gasteiger partial charge in [0.05, 0.1) is 3.70 Å². The number of carbonyl (C=O) groups excluding carboxylic acids is 1. The van der Waals surface area contributed by atoms with Crippen molar-refractivity contribution in [2.24, 2.45) is 0 Å². The number of hydrogen-bond donors (Lipinski definition) is 2. The third kappa shape index (κ3) is 1.70. The minimum absolute atomic E-state index is 0.122. The molecule has 0 aromatic rings. The Bertz CT molecular complexity index is 197. The average Bonchev–Trinajstić information content (AvgIpc) is 1.59. The van der Waals surface area contributed by atoms with Crippen LogP contribution in [0.5, 0.6) is 0 Å². The van der Waals surface area contributed by atoms with Crippen molar-refractivity contribution < 1.29 is 4.79 Å². The van der Waals surface area contributed by atoms with Crippen LogP contribution in [0.4, 0.5) is 0 Å². The first-order valence-corrected chi connectivity index (χ1v) is 3.40. The first kappa shape index (κ1) is 6.60. The Morgan fingerprint density at radius 1 is 1.56 bits per heavy atom. The monoisotopic (exact) mass is 236 g/mol. The molecule has 2 N–H and O–H groups in total. The summed E-state index contributed by atoms with van der Waals surface area (Å²) in [5, 5.41) is 5.31. The van der Waals surface area contributed by atoms with E-state index in [1.54, 1.807) is 0 Å². The molecule has 0 atom stereocenters. The van der Waals surface area contributed by atoms with Crippen molar-refractivity contribution in [1.82, 2.24) is 10.6 Å². The van der Waals surface area contributed by atoms with Gasteiger partial charge in [-0.15, -0.1) is 0 Å². The lowest BCUT2D eigenvalue weighted by molar-refractivity contribution is -0.116. The third-order valence-corrected chi connectivity index (χ3v) is 1.38. The van der Waals surface area contributed by atoms with Crippen LogP contribution >= 0.6 is 22.6 Å². The Balaban J connectivity index is 2.79. The van der Waals surface area contributed by atoms with Gasteiger partial charge in [-0.05, 0) is 22.6 Å². The summed E-state index contributed by atoms with van der Waals surface area (Å²) in [5.41, 5.74) is 0. The van der Waals surface area contributed by atoms with Crippen LogP contribution in [0.25, 0.3) is 0 Å². The fourth-order valence-electron chi connectivity index (χ4n) is 0.511. The fraction of sp³-hybridized carbons (Fsp3) is 0. The zero-order valence-corrected chi connectivity index (χ0v) is 6.73. The Morgan fingerprint density at radius 2 is 2.22 bits per heavy atom. The molecule has 0 unspecified atom stereocenters. The highest BCUT2D eigenvalue weighted by Crippen LogP contribution is 2.05. The highest BCUT2D eigenvalue weighted by molar-refractivity contribution is 14.1. The summed E-state index contributed by atoms with van der Waals surface area (Å²) >= 11 is 2.02. The number of nitrogens with one attached hydrogen (secondary N) is 2. The molecule has 1 rings (SSSR count). The van der Waals surface area contributed by atoms with Gasteiger partial charge in [0.2, 0.25) is 0 Å². The summed E-state index contributed by atoms with van der Waals surface area (Å²) in [6.45, 7) is 3.53. The van der Waals surface area contributed by atoms with Crippen LogP contribution < -0.4 is 10.6 Å². The van der Waals surface area contributed by atoms with E-state index in [0.29, 0.717) is 5.82 Å². The summed E-state index contributed by atoms with van der Waals surface area (Å²) < 4.78 is 0.793. The van der Waals surface area contributed by atoms with Gasteiger partial charge in [-0.2, -0.15) is 0 Å². The highest BCUT2D eigenvalue weighted by atomic mass is 127. The summed E-state index contributed by atoms with van der Waals surface area (Å²) in [4.78, 5) is 10.6. The summed E-state index contributed by atoms with van der Waals surface area (Å²) in [6.07, 6.45) is 1.47. The lowest BCUT2D eigenvalue weighted by Gasteiger charge is -2.13. The summed E-state index contributed by atoms with van der Waals surface area (Å²) in [6, 6.07) is 0. The van der Waals surface area contributed by atoms with Crippen LogP contribution in [0, 0.1) is 0 Å². The topological polar surface area (TPSA) is 41.1 Å². The molecule has 0 fully saturated rings. The largest absolute Gasteiger partial charge is 0.337 e. The van der Waals surface area contributed by atoms with Crippen LogP contribution in [0.1, 0.15) is 0 Å². The molecule has 0 aliphatic carbocycles. The van der Waals surface area contributed by atoms with E-state index in [9.17, 15) is 4.79 Å². The normalized spacial score (nSPS) is 18.1. The van der Waals surface area contributed by atoms with Crippen molar-refractivity contribution >= 4 is 28.5 Å².